The lowest BCUT2D eigenvalue weighted by molar-refractivity contribution is -0.119. The Balaban J connectivity index is 1.58. The van der Waals surface area contributed by atoms with Crippen LogP contribution >= 0.6 is 0 Å². The average molecular weight is 444 g/mol. The molecule has 0 bridgehead atoms. The molecule has 2 aromatic carbocycles. The van der Waals surface area contributed by atoms with E-state index in [1.165, 1.54) is 15.6 Å². The van der Waals surface area contributed by atoms with E-state index in [0.29, 0.717) is 12.2 Å². The van der Waals surface area contributed by atoms with Crippen LogP contribution < -0.4 is 14.5 Å². The number of carbonyl (C=O) groups is 1. The summed E-state index contributed by atoms with van der Waals surface area (Å²) in [7, 11) is -3.59. The second-order valence-corrected chi connectivity index (χ2v) is 10.3. The van der Waals surface area contributed by atoms with Crippen LogP contribution in [0.15, 0.2) is 36.4 Å². The summed E-state index contributed by atoms with van der Waals surface area (Å²) in [5, 5.41) is 2.90. The molecule has 0 aromatic heterocycles. The Labute approximate surface area is 186 Å². The topological polar surface area (TPSA) is 69.7 Å². The Kier molecular flexibility index (Phi) is 7.26. The maximum absolute atomic E-state index is 12.6. The van der Waals surface area contributed by atoms with Gasteiger partial charge in [-0.1, -0.05) is 35.9 Å². The Morgan fingerprint density at radius 2 is 1.81 bits per heavy atom. The van der Waals surface area contributed by atoms with E-state index in [1.54, 1.807) is 0 Å². The van der Waals surface area contributed by atoms with Gasteiger partial charge in [-0.3, -0.25) is 9.10 Å². The van der Waals surface area contributed by atoms with Gasteiger partial charge in [0.25, 0.3) is 0 Å². The Bertz CT molecular complexity index is 1030. The first kappa shape index (κ1) is 23.1. The minimum Gasteiger partial charge on any atom is -0.371 e. The number of amides is 1. The Hall–Kier alpha value is -2.54. The van der Waals surface area contributed by atoms with E-state index in [1.807, 2.05) is 32.9 Å². The highest BCUT2D eigenvalue weighted by Crippen LogP contribution is 2.28. The molecule has 1 amide bonds. The largest absolute Gasteiger partial charge is 0.371 e. The number of carbonyl (C=O) groups excluding carboxylic acids is 1. The van der Waals surface area contributed by atoms with Gasteiger partial charge < -0.3 is 10.2 Å². The number of benzene rings is 2. The van der Waals surface area contributed by atoms with Gasteiger partial charge in [0, 0.05) is 25.3 Å². The van der Waals surface area contributed by atoms with Gasteiger partial charge in [0.1, 0.15) is 6.54 Å². The van der Waals surface area contributed by atoms with Crippen molar-refractivity contribution in [3.8, 4) is 0 Å². The summed E-state index contributed by atoms with van der Waals surface area (Å²) in [6.07, 6.45) is 4.21. The normalized spacial score (nSPS) is 13.6. The number of nitrogens with one attached hydrogen (secondary N) is 1. The van der Waals surface area contributed by atoms with Crippen molar-refractivity contribution in [1.82, 2.24) is 5.32 Å². The highest BCUT2D eigenvalue weighted by Gasteiger charge is 2.24. The fourth-order valence-corrected chi connectivity index (χ4v) is 5.43. The van der Waals surface area contributed by atoms with E-state index in [-0.39, 0.29) is 12.5 Å². The van der Waals surface area contributed by atoms with Crippen LogP contribution in [0.25, 0.3) is 0 Å². The first-order valence-corrected chi connectivity index (χ1v) is 12.7. The molecule has 0 aliphatic carbocycles. The smallest absolute Gasteiger partial charge is 0.240 e. The lowest BCUT2D eigenvalue weighted by Crippen LogP contribution is -2.42. The summed E-state index contributed by atoms with van der Waals surface area (Å²) in [4.78, 5) is 14.9. The predicted octanol–water partition coefficient (Wildman–Crippen LogP) is 3.34. The number of fused-ring (bicyclic) bond motifs is 1. The van der Waals surface area contributed by atoms with Gasteiger partial charge in [0.15, 0.2) is 0 Å². The van der Waals surface area contributed by atoms with E-state index >= 15 is 0 Å². The van der Waals surface area contributed by atoms with Gasteiger partial charge in [-0.25, -0.2) is 8.42 Å². The van der Waals surface area contributed by atoms with Crippen LogP contribution in [0, 0.1) is 20.8 Å². The first-order valence-electron chi connectivity index (χ1n) is 10.8. The van der Waals surface area contributed by atoms with Crippen LogP contribution in [0.1, 0.15) is 35.1 Å². The summed E-state index contributed by atoms with van der Waals surface area (Å²) in [6, 6.07) is 12.4. The molecular weight excluding hydrogens is 410 g/mol. The number of hydrogen-bond donors (Lipinski definition) is 1. The lowest BCUT2D eigenvalue weighted by atomic mass is 10.0. The van der Waals surface area contributed by atoms with Crippen molar-refractivity contribution in [1.29, 1.82) is 0 Å². The zero-order valence-electron chi connectivity index (χ0n) is 18.9. The standard InChI is InChI=1S/C24H33N3O3S/c1-18-15-19(2)24(20(3)16-18)27(31(4,29)30)17-23(28)25-12-8-14-26-13-7-10-21-9-5-6-11-22(21)26/h5-6,9,11,15-16H,7-8,10,12-14,17H2,1-4H3,(H,25,28). The number of rotatable bonds is 8. The zero-order chi connectivity index (χ0) is 22.6. The molecule has 0 saturated heterocycles. The fourth-order valence-electron chi connectivity index (χ4n) is 4.46. The van der Waals surface area contributed by atoms with Crippen molar-refractivity contribution in [2.75, 3.05) is 41.6 Å². The summed E-state index contributed by atoms with van der Waals surface area (Å²) < 4.78 is 26.1. The molecular formula is C24H33N3O3S. The third-order valence-electron chi connectivity index (χ3n) is 5.71. The summed E-state index contributed by atoms with van der Waals surface area (Å²) >= 11 is 0. The van der Waals surface area contributed by atoms with E-state index in [0.717, 1.165) is 55.3 Å². The van der Waals surface area contributed by atoms with E-state index in [9.17, 15) is 13.2 Å². The highest BCUT2D eigenvalue weighted by molar-refractivity contribution is 7.92. The highest BCUT2D eigenvalue weighted by atomic mass is 32.2. The molecule has 0 spiro atoms. The molecule has 1 N–H and O–H groups in total. The number of anilines is 2. The summed E-state index contributed by atoms with van der Waals surface area (Å²) in [6.45, 7) is 7.92. The Morgan fingerprint density at radius 3 is 2.48 bits per heavy atom. The van der Waals surface area contributed by atoms with Crippen LogP contribution in [0.2, 0.25) is 0 Å². The van der Waals surface area contributed by atoms with Crippen molar-refractivity contribution in [2.45, 2.75) is 40.0 Å². The van der Waals surface area contributed by atoms with Gasteiger partial charge in [0.05, 0.1) is 11.9 Å². The minimum atomic E-state index is -3.59. The number of aryl methyl sites for hydroxylation is 4. The Morgan fingerprint density at radius 1 is 1.13 bits per heavy atom. The molecule has 0 saturated carbocycles. The first-order chi connectivity index (χ1) is 14.7. The molecule has 0 fully saturated rings. The number of sulfonamides is 1. The molecule has 1 heterocycles. The van der Waals surface area contributed by atoms with E-state index < -0.39 is 10.0 Å². The average Bonchev–Trinajstić information content (AvgIpc) is 2.69. The maximum atomic E-state index is 12.6. The summed E-state index contributed by atoms with van der Waals surface area (Å²) in [5.74, 6) is -0.288. The molecule has 3 rings (SSSR count). The van der Waals surface area contributed by atoms with Crippen LogP contribution in [-0.2, 0) is 21.2 Å². The number of hydrogen-bond acceptors (Lipinski definition) is 4. The third kappa shape index (κ3) is 5.79. The molecule has 1 aliphatic rings. The number of nitrogens with zero attached hydrogens (tertiary/aromatic N) is 2. The number of para-hydroxylation sites is 1. The zero-order valence-corrected chi connectivity index (χ0v) is 19.8. The monoisotopic (exact) mass is 443 g/mol. The fraction of sp³-hybridized carbons (Fsp3) is 0.458. The molecule has 31 heavy (non-hydrogen) atoms. The van der Waals surface area contributed by atoms with Crippen molar-refractivity contribution >= 4 is 27.3 Å². The predicted molar refractivity (Wildman–Crippen MR) is 127 cm³/mol. The van der Waals surface area contributed by atoms with Crippen LogP contribution in [-0.4, -0.2) is 46.8 Å². The molecule has 168 valence electrons. The van der Waals surface area contributed by atoms with E-state index in [2.05, 4.69) is 34.5 Å². The van der Waals surface area contributed by atoms with Gasteiger partial charge in [-0.15, -0.1) is 0 Å². The van der Waals surface area contributed by atoms with Crippen LogP contribution in [0.4, 0.5) is 11.4 Å². The molecule has 1 aliphatic heterocycles. The molecule has 0 atom stereocenters. The minimum absolute atomic E-state index is 0.212. The van der Waals surface area contributed by atoms with Gasteiger partial charge in [0.2, 0.25) is 15.9 Å². The second-order valence-electron chi connectivity index (χ2n) is 8.44. The molecule has 0 radical (unpaired) electrons. The SMILES string of the molecule is Cc1cc(C)c(N(CC(=O)NCCCN2CCCc3ccccc32)S(C)(=O)=O)c(C)c1. The molecule has 7 heteroatoms. The lowest BCUT2D eigenvalue weighted by Gasteiger charge is -2.31. The van der Waals surface area contributed by atoms with E-state index in [4.69, 9.17) is 0 Å². The van der Waals surface area contributed by atoms with Crippen LogP contribution in [0.3, 0.4) is 0 Å². The van der Waals surface area contributed by atoms with Gasteiger partial charge in [-0.2, -0.15) is 0 Å². The van der Waals surface area contributed by atoms with Crippen molar-refractivity contribution in [2.24, 2.45) is 0 Å². The second kappa shape index (κ2) is 9.73. The molecule has 6 nitrogen and oxygen atoms in total. The van der Waals surface area contributed by atoms with Gasteiger partial charge >= 0.3 is 0 Å². The van der Waals surface area contributed by atoms with Crippen molar-refractivity contribution in [3.05, 3.63) is 58.7 Å². The quantitative estimate of drug-likeness (QED) is 0.636. The molecule has 0 unspecified atom stereocenters. The maximum Gasteiger partial charge on any atom is 0.240 e. The van der Waals surface area contributed by atoms with Gasteiger partial charge in [-0.05, 0) is 62.8 Å². The molecule has 2 aromatic rings. The van der Waals surface area contributed by atoms with Crippen molar-refractivity contribution < 1.29 is 13.2 Å². The summed E-state index contributed by atoms with van der Waals surface area (Å²) in [5.41, 5.74) is 6.02. The van der Waals surface area contributed by atoms with Crippen molar-refractivity contribution in [3.63, 3.8) is 0 Å². The third-order valence-corrected chi connectivity index (χ3v) is 6.82. The van der Waals surface area contributed by atoms with Crippen LogP contribution in [0.5, 0.6) is 0 Å².